The number of carbonyl (C=O) groups is 1. The largest absolute Gasteiger partial charge is 0.361 e. The number of nitrogens with one attached hydrogen (secondary N) is 2. The minimum atomic E-state index is -0.279. The van der Waals surface area contributed by atoms with Crippen LogP contribution in [-0.2, 0) is 11.3 Å². The van der Waals surface area contributed by atoms with Crippen LogP contribution in [0.15, 0.2) is 10.6 Å². The highest BCUT2D eigenvalue weighted by Gasteiger charge is 2.43. The second-order valence-corrected chi connectivity index (χ2v) is 5.35. The monoisotopic (exact) mass is 251 g/mol. The minimum absolute atomic E-state index is 0.114. The van der Waals surface area contributed by atoms with E-state index < -0.39 is 0 Å². The van der Waals surface area contributed by atoms with E-state index >= 15 is 0 Å². The summed E-state index contributed by atoms with van der Waals surface area (Å²) in [7, 11) is 0. The predicted octanol–water partition coefficient (Wildman–Crippen LogP) is 1.23. The van der Waals surface area contributed by atoms with Crippen LogP contribution in [0.3, 0.4) is 0 Å². The van der Waals surface area contributed by atoms with Crippen molar-refractivity contribution in [2.45, 2.75) is 33.7 Å². The SMILES string of the molecule is Cc1cc(CNC(=O)C2(C(C)C)CCNC2)no1. The number of rotatable bonds is 4. The molecule has 1 amide bonds. The van der Waals surface area contributed by atoms with Crippen LogP contribution in [0.2, 0.25) is 0 Å². The molecule has 1 atom stereocenters. The Hall–Kier alpha value is -1.36. The molecular weight excluding hydrogens is 230 g/mol. The zero-order chi connectivity index (χ0) is 13.2. The highest BCUT2D eigenvalue weighted by molar-refractivity contribution is 5.83. The summed E-state index contributed by atoms with van der Waals surface area (Å²) in [5, 5.41) is 10.1. The summed E-state index contributed by atoms with van der Waals surface area (Å²) < 4.78 is 4.98. The Morgan fingerprint density at radius 2 is 2.44 bits per heavy atom. The molecule has 0 spiro atoms. The summed E-state index contributed by atoms with van der Waals surface area (Å²) >= 11 is 0. The van der Waals surface area contributed by atoms with Crippen molar-refractivity contribution < 1.29 is 9.32 Å². The molecule has 1 aromatic heterocycles. The van der Waals surface area contributed by atoms with Gasteiger partial charge in [0.2, 0.25) is 5.91 Å². The van der Waals surface area contributed by atoms with E-state index in [1.54, 1.807) is 0 Å². The lowest BCUT2D eigenvalue weighted by Gasteiger charge is -2.30. The van der Waals surface area contributed by atoms with Crippen molar-refractivity contribution in [3.63, 3.8) is 0 Å². The number of amides is 1. The number of hydrogen-bond acceptors (Lipinski definition) is 4. The molecule has 1 fully saturated rings. The van der Waals surface area contributed by atoms with E-state index in [1.807, 2.05) is 13.0 Å². The van der Waals surface area contributed by atoms with Gasteiger partial charge in [-0.2, -0.15) is 0 Å². The third-order valence-electron chi connectivity index (χ3n) is 3.85. The van der Waals surface area contributed by atoms with Crippen LogP contribution < -0.4 is 10.6 Å². The minimum Gasteiger partial charge on any atom is -0.361 e. The van der Waals surface area contributed by atoms with Gasteiger partial charge in [-0.15, -0.1) is 0 Å². The fraction of sp³-hybridized carbons (Fsp3) is 0.692. The summed E-state index contributed by atoms with van der Waals surface area (Å²) in [6.07, 6.45) is 0.897. The molecule has 2 heterocycles. The van der Waals surface area contributed by atoms with E-state index in [1.165, 1.54) is 0 Å². The first-order chi connectivity index (χ1) is 8.54. The van der Waals surface area contributed by atoms with Gasteiger partial charge in [-0.3, -0.25) is 4.79 Å². The van der Waals surface area contributed by atoms with Crippen molar-refractivity contribution in [1.82, 2.24) is 15.8 Å². The highest BCUT2D eigenvalue weighted by Crippen LogP contribution is 2.34. The summed E-state index contributed by atoms with van der Waals surface area (Å²) in [4.78, 5) is 12.4. The molecule has 1 aliphatic rings. The second-order valence-electron chi connectivity index (χ2n) is 5.35. The van der Waals surface area contributed by atoms with Crippen LogP contribution in [-0.4, -0.2) is 24.2 Å². The average Bonchev–Trinajstić information content (AvgIpc) is 2.95. The smallest absolute Gasteiger partial charge is 0.228 e. The molecule has 5 heteroatoms. The number of aromatic nitrogens is 1. The maximum absolute atomic E-state index is 12.4. The molecule has 1 aliphatic heterocycles. The second kappa shape index (κ2) is 5.10. The molecule has 0 aromatic carbocycles. The van der Waals surface area contributed by atoms with Gasteiger partial charge in [0.1, 0.15) is 11.5 Å². The van der Waals surface area contributed by atoms with E-state index in [-0.39, 0.29) is 11.3 Å². The molecule has 5 nitrogen and oxygen atoms in total. The fourth-order valence-electron chi connectivity index (χ4n) is 2.51. The molecule has 0 radical (unpaired) electrons. The van der Waals surface area contributed by atoms with Gasteiger partial charge in [-0.1, -0.05) is 19.0 Å². The Kier molecular flexibility index (Phi) is 3.71. The maximum Gasteiger partial charge on any atom is 0.228 e. The summed E-state index contributed by atoms with van der Waals surface area (Å²) in [6, 6.07) is 1.84. The summed E-state index contributed by atoms with van der Waals surface area (Å²) in [6.45, 7) is 8.15. The first-order valence-electron chi connectivity index (χ1n) is 6.46. The van der Waals surface area contributed by atoms with Gasteiger partial charge in [0.15, 0.2) is 0 Å². The predicted molar refractivity (Wildman–Crippen MR) is 67.8 cm³/mol. The molecule has 1 aromatic rings. The number of carbonyl (C=O) groups excluding carboxylic acids is 1. The average molecular weight is 251 g/mol. The van der Waals surface area contributed by atoms with Gasteiger partial charge in [-0.05, 0) is 25.8 Å². The van der Waals surface area contributed by atoms with Gasteiger partial charge in [0.05, 0.1) is 12.0 Å². The molecular formula is C13H21N3O2. The lowest BCUT2D eigenvalue weighted by Crippen LogP contribution is -2.45. The van der Waals surface area contributed by atoms with Crippen LogP contribution in [0.4, 0.5) is 0 Å². The molecule has 0 saturated carbocycles. The van der Waals surface area contributed by atoms with Crippen LogP contribution in [0.5, 0.6) is 0 Å². The summed E-state index contributed by atoms with van der Waals surface area (Å²) in [5.74, 6) is 1.20. The lowest BCUT2D eigenvalue weighted by atomic mass is 9.75. The van der Waals surface area contributed by atoms with Crippen LogP contribution in [0.1, 0.15) is 31.7 Å². The molecule has 100 valence electrons. The third-order valence-corrected chi connectivity index (χ3v) is 3.85. The standard InChI is InChI=1S/C13H21N3O2/c1-9(2)13(4-5-14-8-13)12(17)15-7-11-6-10(3)18-16-11/h6,9,14H,4-5,7-8H2,1-3H3,(H,15,17). The first kappa shape index (κ1) is 13.1. The lowest BCUT2D eigenvalue weighted by molar-refractivity contribution is -0.132. The molecule has 0 aliphatic carbocycles. The van der Waals surface area contributed by atoms with Crippen LogP contribution >= 0.6 is 0 Å². The van der Waals surface area contributed by atoms with Crippen molar-refractivity contribution in [2.24, 2.45) is 11.3 Å². The Labute approximate surface area is 107 Å². The van der Waals surface area contributed by atoms with Gasteiger partial charge in [-0.25, -0.2) is 0 Å². The van der Waals surface area contributed by atoms with Crippen molar-refractivity contribution in [3.8, 4) is 0 Å². The van der Waals surface area contributed by atoms with E-state index in [2.05, 4.69) is 29.6 Å². The van der Waals surface area contributed by atoms with Crippen LogP contribution in [0.25, 0.3) is 0 Å². The first-order valence-corrected chi connectivity index (χ1v) is 6.46. The molecule has 2 rings (SSSR count). The quantitative estimate of drug-likeness (QED) is 0.844. The molecule has 2 N–H and O–H groups in total. The maximum atomic E-state index is 12.4. The van der Waals surface area contributed by atoms with Crippen molar-refractivity contribution in [2.75, 3.05) is 13.1 Å². The molecule has 0 bridgehead atoms. The van der Waals surface area contributed by atoms with Gasteiger partial charge < -0.3 is 15.2 Å². The topological polar surface area (TPSA) is 67.2 Å². The zero-order valence-corrected chi connectivity index (χ0v) is 11.2. The number of hydrogen-bond donors (Lipinski definition) is 2. The number of nitrogens with zero attached hydrogens (tertiary/aromatic N) is 1. The fourth-order valence-corrected chi connectivity index (χ4v) is 2.51. The summed E-state index contributed by atoms with van der Waals surface area (Å²) in [5.41, 5.74) is 0.490. The number of aryl methyl sites for hydroxylation is 1. The van der Waals surface area contributed by atoms with Gasteiger partial charge in [0.25, 0.3) is 0 Å². The zero-order valence-electron chi connectivity index (χ0n) is 11.2. The van der Waals surface area contributed by atoms with Crippen LogP contribution in [0, 0.1) is 18.3 Å². The molecule has 1 saturated heterocycles. The van der Waals surface area contributed by atoms with E-state index in [4.69, 9.17) is 4.52 Å². The van der Waals surface area contributed by atoms with E-state index in [9.17, 15) is 4.79 Å². The van der Waals surface area contributed by atoms with Crippen molar-refractivity contribution >= 4 is 5.91 Å². The molecule has 18 heavy (non-hydrogen) atoms. The highest BCUT2D eigenvalue weighted by atomic mass is 16.5. The normalized spacial score (nSPS) is 23.6. The van der Waals surface area contributed by atoms with Gasteiger partial charge >= 0.3 is 0 Å². The van der Waals surface area contributed by atoms with Crippen molar-refractivity contribution in [3.05, 3.63) is 17.5 Å². The van der Waals surface area contributed by atoms with Crippen molar-refractivity contribution in [1.29, 1.82) is 0 Å². The Morgan fingerprint density at radius 1 is 1.67 bits per heavy atom. The third kappa shape index (κ3) is 2.41. The van der Waals surface area contributed by atoms with E-state index in [0.717, 1.165) is 31.0 Å². The van der Waals surface area contributed by atoms with E-state index in [0.29, 0.717) is 12.5 Å². The van der Waals surface area contributed by atoms with Gasteiger partial charge in [0, 0.05) is 12.6 Å². The Balaban J connectivity index is 1.98. The molecule has 1 unspecified atom stereocenters. The Morgan fingerprint density at radius 3 is 2.94 bits per heavy atom. The Bertz CT molecular complexity index is 420.